The minimum Gasteiger partial charge on any atom is -0.454 e. The maximum absolute atomic E-state index is 7.86. The molecule has 1 aliphatic heterocycles. The summed E-state index contributed by atoms with van der Waals surface area (Å²) in [5.74, 6) is 1.50. The molecule has 10 aromatic rings. The molecule has 0 N–H and O–H groups in total. The number of aromatic nitrogens is 2. The third-order valence-corrected chi connectivity index (χ3v) is 17.0. The topological polar surface area (TPSA) is 25.2 Å². The average Bonchev–Trinajstić information content (AvgIpc) is 3.94. The van der Waals surface area contributed by atoms with E-state index in [1.807, 2.05) is 6.20 Å². The summed E-state index contributed by atoms with van der Waals surface area (Å²) in [7, 11) is 2.19. The second-order valence-corrected chi connectivity index (χ2v) is 21.9. The summed E-state index contributed by atoms with van der Waals surface area (Å²) >= 11 is 0. The number of benzene rings is 8. The van der Waals surface area contributed by atoms with Crippen molar-refractivity contribution in [1.29, 1.82) is 0 Å². The summed E-state index contributed by atoms with van der Waals surface area (Å²) in [6.07, 6.45) is 4.49. The first-order valence-electron chi connectivity index (χ1n) is 25.9. The van der Waals surface area contributed by atoms with Crippen LogP contribution < -0.4 is 4.57 Å². The lowest BCUT2D eigenvalue weighted by atomic mass is 9.66. The van der Waals surface area contributed by atoms with Crippen molar-refractivity contribution in [2.24, 2.45) is 5.41 Å². The van der Waals surface area contributed by atoms with E-state index in [4.69, 9.17) is 11.0 Å². The number of hydrogen-bond acceptors (Lipinski definition) is 2. The standard InChI is InChI=1S/C68H64N3O/c1-11-69(10)68(9)41-44(6)70-59-31-21-22-32-60(59)71(63-57(42(2)3)39-47(40-58(63)43(4)5)45-23-13-12-14-24-45)66(70)61-46(37-38-67(68,7)8)33-34-55-56-36-35-54-52-29-18-17-27-50(52)48-25-15-16-26-49(48)51-28-19-20-30-53(51)62(54)65(56)72-64(55)61/h11-36,39-40,42-43H,1,6,37-38,41H2,2-5,7-10H3/q+1. The second kappa shape index (κ2) is 17.0. The van der Waals surface area contributed by atoms with Crippen molar-refractivity contribution in [3.05, 3.63) is 200 Å². The van der Waals surface area contributed by atoms with Crippen LogP contribution in [0.2, 0.25) is 0 Å². The lowest BCUT2D eigenvalue weighted by molar-refractivity contribution is -0.543. The van der Waals surface area contributed by atoms with Crippen LogP contribution in [0.25, 0.3) is 111 Å². The maximum Gasteiger partial charge on any atom is 0.304 e. The molecule has 3 heterocycles. The predicted octanol–water partition coefficient (Wildman–Crippen LogP) is 18.0. The maximum atomic E-state index is 7.86. The Morgan fingerprint density at radius 2 is 1.11 bits per heavy atom. The van der Waals surface area contributed by atoms with Gasteiger partial charge in [-0.1, -0.05) is 188 Å². The monoisotopic (exact) mass is 939 g/mol. The van der Waals surface area contributed by atoms with E-state index in [1.165, 1.54) is 72.4 Å². The zero-order valence-electron chi connectivity index (χ0n) is 43.1. The number of aryl methyl sites for hydroxylation is 1. The number of para-hydroxylation sites is 2. The van der Waals surface area contributed by atoms with Crippen molar-refractivity contribution in [3.8, 4) is 72.7 Å². The SMILES string of the molecule is C=CN(C)C1(C)CC(=C)[n+]2c(n(-c3c(C(C)C)cc(-c4ccccc4)cc3C(C)C)c3ccccc32)-c2c(ccc3c2oc2c4c(ccc23)-c2ccccc2-c2ccccc2-c2ccccc2-4)CCC1(C)C. The first-order valence-corrected chi connectivity index (χ1v) is 25.9. The molecule has 2 aliphatic rings. The molecule has 2 aromatic heterocycles. The van der Waals surface area contributed by atoms with Crippen LogP contribution in [0.4, 0.5) is 0 Å². The highest BCUT2D eigenvalue weighted by atomic mass is 16.3. The highest BCUT2D eigenvalue weighted by Gasteiger charge is 2.47. The molecule has 1 aliphatic carbocycles. The predicted molar refractivity (Wildman–Crippen MR) is 304 cm³/mol. The van der Waals surface area contributed by atoms with Crippen LogP contribution >= 0.6 is 0 Å². The van der Waals surface area contributed by atoms with E-state index < -0.39 is 0 Å². The van der Waals surface area contributed by atoms with Gasteiger partial charge in [0.2, 0.25) is 0 Å². The van der Waals surface area contributed by atoms with Crippen LogP contribution in [0, 0.1) is 5.41 Å². The largest absolute Gasteiger partial charge is 0.454 e. The zero-order valence-corrected chi connectivity index (χ0v) is 43.1. The van der Waals surface area contributed by atoms with Gasteiger partial charge in [-0.05, 0) is 129 Å². The van der Waals surface area contributed by atoms with Crippen molar-refractivity contribution in [3.63, 3.8) is 0 Å². The van der Waals surface area contributed by atoms with Gasteiger partial charge < -0.3 is 9.32 Å². The molecule has 0 saturated carbocycles. The Bertz CT molecular complexity index is 3800. The zero-order chi connectivity index (χ0) is 49.8. The molecule has 1 atom stereocenters. The molecule has 0 bridgehead atoms. The minimum atomic E-state index is -0.317. The van der Waals surface area contributed by atoms with Crippen molar-refractivity contribution in [2.45, 2.75) is 85.1 Å². The van der Waals surface area contributed by atoms with Crippen molar-refractivity contribution in [1.82, 2.24) is 9.47 Å². The summed E-state index contributed by atoms with van der Waals surface area (Å²) in [6, 6.07) is 60.9. The van der Waals surface area contributed by atoms with Gasteiger partial charge in [0.25, 0.3) is 0 Å². The van der Waals surface area contributed by atoms with E-state index >= 15 is 0 Å². The molecule has 1 unspecified atom stereocenters. The Balaban J connectivity index is 1.26. The first kappa shape index (κ1) is 45.4. The van der Waals surface area contributed by atoms with Crippen LogP contribution in [-0.4, -0.2) is 22.1 Å². The lowest BCUT2D eigenvalue weighted by Gasteiger charge is -2.50. The Kier molecular flexibility index (Phi) is 10.7. The van der Waals surface area contributed by atoms with Crippen LogP contribution in [0.3, 0.4) is 0 Å². The molecule has 0 saturated heterocycles. The van der Waals surface area contributed by atoms with Gasteiger partial charge in [0.1, 0.15) is 22.5 Å². The molecule has 12 rings (SSSR count). The third-order valence-electron chi connectivity index (χ3n) is 17.0. The van der Waals surface area contributed by atoms with Gasteiger partial charge in [-0.3, -0.25) is 0 Å². The van der Waals surface area contributed by atoms with Gasteiger partial charge in [0.05, 0.1) is 0 Å². The van der Waals surface area contributed by atoms with Crippen molar-refractivity contribution >= 4 is 38.7 Å². The van der Waals surface area contributed by atoms with Crippen LogP contribution in [0.15, 0.2) is 188 Å². The van der Waals surface area contributed by atoms with Crippen molar-refractivity contribution in [2.75, 3.05) is 7.05 Å². The van der Waals surface area contributed by atoms with E-state index in [1.54, 1.807) is 0 Å². The number of imidazole rings is 1. The Morgan fingerprint density at radius 3 is 1.71 bits per heavy atom. The minimum absolute atomic E-state index is 0.151. The molecule has 72 heavy (non-hydrogen) atoms. The molecular weight excluding hydrogens is 875 g/mol. The van der Waals surface area contributed by atoms with Crippen LogP contribution in [-0.2, 0) is 6.42 Å². The fourth-order valence-corrected chi connectivity index (χ4v) is 12.5. The number of furan rings is 1. The molecule has 8 aromatic carbocycles. The van der Waals surface area contributed by atoms with E-state index in [0.29, 0.717) is 6.42 Å². The average molecular weight is 939 g/mol. The van der Waals surface area contributed by atoms with Crippen LogP contribution in [0.5, 0.6) is 0 Å². The van der Waals surface area contributed by atoms with E-state index in [9.17, 15) is 0 Å². The molecular formula is C68H64N3O+. The van der Waals surface area contributed by atoms with Gasteiger partial charge in [0.15, 0.2) is 16.6 Å². The highest BCUT2D eigenvalue weighted by Crippen LogP contribution is 2.53. The van der Waals surface area contributed by atoms with E-state index in [-0.39, 0.29) is 22.8 Å². The van der Waals surface area contributed by atoms with E-state index in [2.05, 4.69) is 240 Å². The molecule has 4 nitrogen and oxygen atoms in total. The van der Waals surface area contributed by atoms with Gasteiger partial charge in [-0.15, -0.1) is 0 Å². The lowest BCUT2D eigenvalue weighted by Crippen LogP contribution is -2.54. The summed E-state index contributed by atoms with van der Waals surface area (Å²) in [5.41, 5.74) is 22.8. The van der Waals surface area contributed by atoms with Gasteiger partial charge in [-0.25, -0.2) is 0 Å². The highest BCUT2D eigenvalue weighted by molar-refractivity contribution is 6.18. The Morgan fingerprint density at radius 1 is 0.597 bits per heavy atom. The van der Waals surface area contributed by atoms with Gasteiger partial charge >= 0.3 is 5.82 Å². The molecule has 4 heteroatoms. The first-order chi connectivity index (χ1) is 34.8. The number of fused-ring (bicyclic) bond motifs is 18. The number of hydrogen-bond donors (Lipinski definition) is 0. The molecule has 0 fully saturated rings. The molecule has 0 radical (unpaired) electrons. The van der Waals surface area contributed by atoms with Gasteiger partial charge in [-0.2, -0.15) is 9.13 Å². The van der Waals surface area contributed by atoms with E-state index in [0.717, 1.165) is 68.5 Å². The Hall–Kier alpha value is -7.69. The number of nitrogens with zero attached hydrogens (tertiary/aromatic N) is 3. The summed E-state index contributed by atoms with van der Waals surface area (Å²) in [4.78, 5) is 2.33. The molecule has 0 spiro atoms. The fourth-order valence-electron chi connectivity index (χ4n) is 12.5. The van der Waals surface area contributed by atoms with Crippen molar-refractivity contribution < 1.29 is 8.98 Å². The molecule has 356 valence electrons. The summed E-state index contributed by atoms with van der Waals surface area (Å²) in [6.45, 7) is 26.1. The number of rotatable bonds is 6. The normalized spacial score (nSPS) is 16.1. The Labute approximate surface area is 425 Å². The smallest absolute Gasteiger partial charge is 0.304 e. The summed E-state index contributed by atoms with van der Waals surface area (Å²) < 4.78 is 13.0. The van der Waals surface area contributed by atoms with Crippen LogP contribution in [0.1, 0.15) is 89.8 Å². The third kappa shape index (κ3) is 6.75. The van der Waals surface area contributed by atoms with Gasteiger partial charge in [0, 0.05) is 46.5 Å². The second-order valence-electron chi connectivity index (χ2n) is 21.9. The fraction of sp³-hybridized carbons (Fsp3) is 0.221. The molecule has 0 amide bonds. The quantitative estimate of drug-likeness (QED) is 0.155. The summed E-state index contributed by atoms with van der Waals surface area (Å²) in [5, 5.41) is 2.21.